The monoisotopic (exact) mass is 110 g/mol. The maximum atomic E-state index is 4.49. The number of hydrogen-bond acceptors (Lipinski definition) is 0. The van der Waals surface area contributed by atoms with E-state index in [0.29, 0.717) is 0 Å². The minimum Gasteiger partial charge on any atom is -0.238 e. The molecular weight excluding hydrogens is 98.1 g/mol. The highest BCUT2D eigenvalue weighted by molar-refractivity contribution is 4.84. The first-order chi connectivity index (χ1) is 3.95. The van der Waals surface area contributed by atoms with Gasteiger partial charge in [0.2, 0.25) is 0 Å². The molecule has 1 aliphatic carbocycles. The van der Waals surface area contributed by atoms with Crippen molar-refractivity contribution in [2.75, 3.05) is 6.54 Å². The van der Waals surface area contributed by atoms with Gasteiger partial charge in [-0.05, 0) is 31.6 Å². The first-order valence-corrected chi connectivity index (χ1v) is 3.62. The van der Waals surface area contributed by atoms with Crippen molar-refractivity contribution in [1.29, 1.82) is 0 Å². The summed E-state index contributed by atoms with van der Waals surface area (Å²) in [6.07, 6.45) is 5.66. The minimum absolute atomic E-state index is 0.786. The molecule has 8 heavy (non-hydrogen) atoms. The van der Waals surface area contributed by atoms with Crippen molar-refractivity contribution in [3.8, 4) is 0 Å². The normalized spacial score (nSPS) is 45.0. The number of hydrogen-bond donors (Lipinski definition) is 0. The van der Waals surface area contributed by atoms with E-state index in [1.807, 2.05) is 0 Å². The molecule has 2 fully saturated rings. The van der Waals surface area contributed by atoms with Crippen LogP contribution in [0.15, 0.2) is 0 Å². The smallest absolute Gasteiger partial charge is 0.0248 e. The van der Waals surface area contributed by atoms with Gasteiger partial charge in [0.1, 0.15) is 0 Å². The maximum Gasteiger partial charge on any atom is 0.0248 e. The molecule has 45 valence electrons. The molecule has 1 saturated carbocycles. The fourth-order valence-corrected chi connectivity index (χ4v) is 1.92. The number of piperidine rings is 1. The summed E-state index contributed by atoms with van der Waals surface area (Å²) in [5.41, 5.74) is 0. The van der Waals surface area contributed by atoms with Crippen LogP contribution in [0.1, 0.15) is 25.7 Å². The molecule has 0 amide bonds. The van der Waals surface area contributed by atoms with Crippen LogP contribution in [0.4, 0.5) is 0 Å². The van der Waals surface area contributed by atoms with Crippen LogP contribution in [0.5, 0.6) is 0 Å². The van der Waals surface area contributed by atoms with E-state index in [2.05, 4.69) is 5.32 Å². The topological polar surface area (TPSA) is 14.1 Å². The fraction of sp³-hybridized carbons (Fsp3) is 1.00. The molecule has 1 aliphatic heterocycles. The minimum atomic E-state index is 0.786. The molecule has 0 aromatic heterocycles. The SMILES string of the molecule is C1CC2CCC(C2)[N]1. The Morgan fingerprint density at radius 2 is 2.12 bits per heavy atom. The lowest BCUT2D eigenvalue weighted by atomic mass is 10.0. The second-order valence-electron chi connectivity index (χ2n) is 3.03. The number of rotatable bonds is 0. The van der Waals surface area contributed by atoms with E-state index in [4.69, 9.17) is 0 Å². The average Bonchev–Trinajstić information content (AvgIpc) is 2.12. The van der Waals surface area contributed by atoms with Gasteiger partial charge in [-0.3, -0.25) is 0 Å². The predicted octanol–water partition coefficient (Wildman–Crippen LogP) is 1.16. The summed E-state index contributed by atoms with van der Waals surface area (Å²) in [7, 11) is 0. The van der Waals surface area contributed by atoms with E-state index in [0.717, 1.165) is 18.5 Å². The molecule has 2 atom stereocenters. The first kappa shape index (κ1) is 4.80. The van der Waals surface area contributed by atoms with Crippen molar-refractivity contribution in [1.82, 2.24) is 5.32 Å². The van der Waals surface area contributed by atoms with Crippen LogP contribution in [-0.2, 0) is 0 Å². The molecule has 1 heteroatoms. The van der Waals surface area contributed by atoms with Gasteiger partial charge in [0, 0.05) is 12.6 Å². The van der Waals surface area contributed by atoms with Crippen LogP contribution in [-0.4, -0.2) is 12.6 Å². The van der Waals surface area contributed by atoms with Crippen LogP contribution in [0.3, 0.4) is 0 Å². The van der Waals surface area contributed by atoms with E-state index in [1.165, 1.54) is 25.7 Å². The molecule has 0 N–H and O–H groups in total. The Morgan fingerprint density at radius 3 is 2.88 bits per heavy atom. The van der Waals surface area contributed by atoms with E-state index in [1.54, 1.807) is 0 Å². The summed E-state index contributed by atoms with van der Waals surface area (Å²) in [5.74, 6) is 1.07. The van der Waals surface area contributed by atoms with Crippen molar-refractivity contribution in [3.63, 3.8) is 0 Å². The molecule has 1 heterocycles. The highest BCUT2D eigenvalue weighted by Gasteiger charge is 2.28. The standard InChI is InChI=1S/C7H12N/c1-2-7-5-6(1)3-4-8-7/h6-7H,1-5H2. The quantitative estimate of drug-likeness (QED) is 0.444. The fourth-order valence-electron chi connectivity index (χ4n) is 1.92. The Balaban J connectivity index is 2.03. The molecular formula is C7H12N. The largest absolute Gasteiger partial charge is 0.238 e. The third-order valence-electron chi connectivity index (χ3n) is 2.44. The molecule has 1 nitrogen and oxygen atoms in total. The number of fused-ring (bicyclic) bond motifs is 2. The van der Waals surface area contributed by atoms with Gasteiger partial charge < -0.3 is 0 Å². The third-order valence-corrected chi connectivity index (χ3v) is 2.44. The maximum absolute atomic E-state index is 4.49. The van der Waals surface area contributed by atoms with Crippen LogP contribution >= 0.6 is 0 Å². The third kappa shape index (κ3) is 0.655. The Morgan fingerprint density at radius 1 is 1.12 bits per heavy atom. The molecule has 2 bridgehead atoms. The van der Waals surface area contributed by atoms with Crippen LogP contribution in [0.2, 0.25) is 0 Å². The van der Waals surface area contributed by atoms with Crippen molar-refractivity contribution < 1.29 is 0 Å². The second-order valence-corrected chi connectivity index (χ2v) is 3.03. The van der Waals surface area contributed by atoms with Gasteiger partial charge in [-0.15, -0.1) is 0 Å². The van der Waals surface area contributed by atoms with Gasteiger partial charge in [0.05, 0.1) is 0 Å². The van der Waals surface area contributed by atoms with Gasteiger partial charge in [-0.2, -0.15) is 0 Å². The summed E-state index contributed by atoms with van der Waals surface area (Å²) >= 11 is 0. The molecule has 0 aromatic carbocycles. The second kappa shape index (κ2) is 1.73. The lowest BCUT2D eigenvalue weighted by Gasteiger charge is -2.17. The Kier molecular flexibility index (Phi) is 1.04. The number of nitrogens with zero attached hydrogens (tertiary/aromatic N) is 1. The van der Waals surface area contributed by atoms with Crippen molar-refractivity contribution in [3.05, 3.63) is 0 Å². The molecule has 1 saturated heterocycles. The Bertz CT molecular complexity index is 76.4. The van der Waals surface area contributed by atoms with E-state index in [9.17, 15) is 0 Å². The molecule has 2 rings (SSSR count). The van der Waals surface area contributed by atoms with E-state index in [-0.39, 0.29) is 0 Å². The highest BCUT2D eigenvalue weighted by Crippen LogP contribution is 2.31. The summed E-state index contributed by atoms with van der Waals surface area (Å²) in [4.78, 5) is 0. The lowest BCUT2D eigenvalue weighted by molar-refractivity contribution is 0.384. The van der Waals surface area contributed by atoms with Crippen LogP contribution in [0.25, 0.3) is 0 Å². The van der Waals surface area contributed by atoms with Crippen molar-refractivity contribution >= 4 is 0 Å². The predicted molar refractivity (Wildman–Crippen MR) is 32.7 cm³/mol. The molecule has 0 aromatic rings. The molecule has 1 radical (unpaired) electrons. The zero-order valence-corrected chi connectivity index (χ0v) is 5.14. The summed E-state index contributed by atoms with van der Waals surface area (Å²) in [5, 5.41) is 4.49. The van der Waals surface area contributed by atoms with Gasteiger partial charge in [-0.1, -0.05) is 0 Å². The Labute approximate surface area is 50.5 Å². The van der Waals surface area contributed by atoms with E-state index >= 15 is 0 Å². The summed E-state index contributed by atoms with van der Waals surface area (Å²) < 4.78 is 0. The van der Waals surface area contributed by atoms with Crippen molar-refractivity contribution in [2.24, 2.45) is 5.92 Å². The molecule has 0 spiro atoms. The van der Waals surface area contributed by atoms with E-state index < -0.39 is 0 Å². The molecule has 2 aliphatic rings. The molecule has 2 unspecified atom stereocenters. The van der Waals surface area contributed by atoms with Gasteiger partial charge in [0.25, 0.3) is 0 Å². The average molecular weight is 110 g/mol. The van der Waals surface area contributed by atoms with Gasteiger partial charge in [-0.25, -0.2) is 5.32 Å². The summed E-state index contributed by atoms with van der Waals surface area (Å²) in [6.45, 7) is 1.16. The van der Waals surface area contributed by atoms with Crippen molar-refractivity contribution in [2.45, 2.75) is 31.7 Å². The highest BCUT2D eigenvalue weighted by atomic mass is 14.9. The van der Waals surface area contributed by atoms with Gasteiger partial charge in [0.15, 0.2) is 0 Å². The zero-order chi connectivity index (χ0) is 5.40. The first-order valence-electron chi connectivity index (χ1n) is 3.62. The van der Waals surface area contributed by atoms with Crippen LogP contribution in [0, 0.1) is 5.92 Å². The Hall–Kier alpha value is -0.0400. The summed E-state index contributed by atoms with van der Waals surface area (Å²) in [6, 6.07) is 0.786. The van der Waals surface area contributed by atoms with Crippen LogP contribution < -0.4 is 5.32 Å². The lowest BCUT2D eigenvalue weighted by Crippen LogP contribution is -2.25. The van der Waals surface area contributed by atoms with Gasteiger partial charge >= 0.3 is 0 Å². The zero-order valence-electron chi connectivity index (χ0n) is 5.14.